The number of carbonyl (C=O) groups is 1. The van der Waals surface area contributed by atoms with Gasteiger partial charge >= 0.3 is 5.97 Å². The standard InChI is InChI=1S/C12H24N2O3/c1-5-13-12(2,11(15)16-4)9-14(3)10-6-7-17-8-10/h10,13H,5-9H2,1-4H3. The number of methoxy groups -OCH3 is 1. The molecule has 1 aliphatic rings. The van der Waals surface area contributed by atoms with Crippen LogP contribution in [-0.4, -0.2) is 62.9 Å². The highest BCUT2D eigenvalue weighted by atomic mass is 16.5. The normalized spacial score (nSPS) is 23.7. The quantitative estimate of drug-likeness (QED) is 0.679. The van der Waals surface area contributed by atoms with E-state index in [1.165, 1.54) is 7.11 Å². The van der Waals surface area contributed by atoms with Gasteiger partial charge in [0, 0.05) is 19.2 Å². The van der Waals surface area contributed by atoms with Crippen molar-refractivity contribution < 1.29 is 14.3 Å². The van der Waals surface area contributed by atoms with Crippen LogP contribution in [0, 0.1) is 0 Å². The lowest BCUT2D eigenvalue weighted by molar-refractivity contribution is -0.148. The minimum absolute atomic E-state index is 0.217. The van der Waals surface area contributed by atoms with Gasteiger partial charge in [0.15, 0.2) is 0 Å². The third-order valence-electron chi connectivity index (χ3n) is 3.30. The number of esters is 1. The molecule has 0 radical (unpaired) electrons. The number of rotatable bonds is 6. The molecule has 5 heteroatoms. The van der Waals surface area contributed by atoms with Crippen LogP contribution in [0.15, 0.2) is 0 Å². The molecule has 0 bridgehead atoms. The van der Waals surface area contributed by atoms with Gasteiger partial charge in [0.25, 0.3) is 0 Å². The van der Waals surface area contributed by atoms with E-state index in [4.69, 9.17) is 9.47 Å². The third-order valence-corrected chi connectivity index (χ3v) is 3.30. The highest BCUT2D eigenvalue weighted by molar-refractivity contribution is 5.80. The summed E-state index contributed by atoms with van der Waals surface area (Å²) >= 11 is 0. The zero-order valence-corrected chi connectivity index (χ0v) is 11.3. The molecule has 1 aliphatic heterocycles. The van der Waals surface area contributed by atoms with Crippen molar-refractivity contribution in [3.63, 3.8) is 0 Å². The van der Waals surface area contributed by atoms with Crippen LogP contribution in [0.5, 0.6) is 0 Å². The second-order valence-electron chi connectivity index (χ2n) is 4.79. The van der Waals surface area contributed by atoms with Crippen LogP contribution in [0.1, 0.15) is 20.3 Å². The number of ether oxygens (including phenoxy) is 2. The molecule has 1 N–H and O–H groups in total. The van der Waals surface area contributed by atoms with E-state index in [0.717, 1.165) is 26.2 Å². The molecule has 0 spiro atoms. The first kappa shape index (κ1) is 14.4. The predicted octanol–water partition coefficient (Wildman–Crippen LogP) is 0.248. The van der Waals surface area contributed by atoms with Gasteiger partial charge in [-0.3, -0.25) is 9.69 Å². The molecular weight excluding hydrogens is 220 g/mol. The van der Waals surface area contributed by atoms with Crippen molar-refractivity contribution in [2.45, 2.75) is 31.8 Å². The van der Waals surface area contributed by atoms with E-state index in [-0.39, 0.29) is 5.97 Å². The highest BCUT2D eigenvalue weighted by Gasteiger charge is 2.36. The van der Waals surface area contributed by atoms with E-state index >= 15 is 0 Å². The fourth-order valence-electron chi connectivity index (χ4n) is 2.31. The summed E-state index contributed by atoms with van der Waals surface area (Å²) in [7, 11) is 3.45. The summed E-state index contributed by atoms with van der Waals surface area (Å²) in [5.41, 5.74) is -0.652. The number of hydrogen-bond donors (Lipinski definition) is 1. The van der Waals surface area contributed by atoms with Gasteiger partial charge in [0.1, 0.15) is 5.54 Å². The first-order chi connectivity index (χ1) is 8.03. The van der Waals surface area contributed by atoms with E-state index in [1.807, 2.05) is 20.9 Å². The molecule has 2 atom stereocenters. The van der Waals surface area contributed by atoms with Crippen LogP contribution in [0.4, 0.5) is 0 Å². The van der Waals surface area contributed by atoms with Gasteiger partial charge < -0.3 is 14.8 Å². The third kappa shape index (κ3) is 3.66. The number of hydrogen-bond acceptors (Lipinski definition) is 5. The molecule has 0 aromatic carbocycles. The summed E-state index contributed by atoms with van der Waals surface area (Å²) in [6.45, 7) is 6.79. The molecule has 0 aromatic heterocycles. The average Bonchev–Trinajstić information content (AvgIpc) is 2.81. The van der Waals surface area contributed by atoms with Crippen LogP contribution < -0.4 is 5.32 Å². The molecule has 0 aliphatic carbocycles. The summed E-state index contributed by atoms with van der Waals surface area (Å²) in [6, 6.07) is 0.401. The first-order valence-electron chi connectivity index (χ1n) is 6.15. The van der Waals surface area contributed by atoms with Gasteiger partial charge in [-0.2, -0.15) is 0 Å². The molecule has 0 saturated carbocycles. The van der Waals surface area contributed by atoms with Crippen LogP contribution >= 0.6 is 0 Å². The summed E-state index contributed by atoms with van der Waals surface area (Å²) < 4.78 is 10.2. The molecule has 0 aromatic rings. The van der Waals surface area contributed by atoms with Crippen LogP contribution in [0.2, 0.25) is 0 Å². The lowest BCUT2D eigenvalue weighted by atomic mass is 10.0. The maximum absolute atomic E-state index is 11.8. The lowest BCUT2D eigenvalue weighted by Crippen LogP contribution is -2.58. The van der Waals surface area contributed by atoms with Crippen molar-refractivity contribution >= 4 is 5.97 Å². The summed E-state index contributed by atoms with van der Waals surface area (Å²) in [6.07, 6.45) is 1.03. The Hall–Kier alpha value is -0.650. The van der Waals surface area contributed by atoms with Gasteiger partial charge in [-0.05, 0) is 26.9 Å². The van der Waals surface area contributed by atoms with E-state index in [1.54, 1.807) is 0 Å². The van der Waals surface area contributed by atoms with Crippen LogP contribution in [0.3, 0.4) is 0 Å². The molecule has 100 valence electrons. The monoisotopic (exact) mass is 244 g/mol. The van der Waals surface area contributed by atoms with E-state index in [2.05, 4.69) is 10.2 Å². The van der Waals surface area contributed by atoms with Gasteiger partial charge in [-0.15, -0.1) is 0 Å². The minimum atomic E-state index is -0.652. The van der Waals surface area contributed by atoms with Crippen molar-refractivity contribution in [2.24, 2.45) is 0 Å². The SMILES string of the molecule is CCNC(C)(CN(C)C1CCOC1)C(=O)OC. The highest BCUT2D eigenvalue weighted by Crippen LogP contribution is 2.15. The first-order valence-corrected chi connectivity index (χ1v) is 6.15. The van der Waals surface area contributed by atoms with Gasteiger partial charge in [0.2, 0.25) is 0 Å². The second-order valence-corrected chi connectivity index (χ2v) is 4.79. The Balaban J connectivity index is 2.61. The zero-order valence-electron chi connectivity index (χ0n) is 11.3. The molecule has 1 heterocycles. The molecule has 5 nitrogen and oxygen atoms in total. The largest absolute Gasteiger partial charge is 0.468 e. The molecular formula is C12H24N2O3. The van der Waals surface area contributed by atoms with Crippen molar-refractivity contribution in [3.8, 4) is 0 Å². The number of nitrogens with zero attached hydrogens (tertiary/aromatic N) is 1. The Morgan fingerprint density at radius 3 is 2.82 bits per heavy atom. The number of nitrogens with one attached hydrogen (secondary N) is 1. The Kier molecular flexibility index (Phi) is 5.36. The average molecular weight is 244 g/mol. The smallest absolute Gasteiger partial charge is 0.327 e. The van der Waals surface area contributed by atoms with E-state index in [9.17, 15) is 4.79 Å². The van der Waals surface area contributed by atoms with Crippen LogP contribution in [0.25, 0.3) is 0 Å². The lowest BCUT2D eigenvalue weighted by Gasteiger charge is -2.34. The van der Waals surface area contributed by atoms with Crippen molar-refractivity contribution in [3.05, 3.63) is 0 Å². The predicted molar refractivity (Wildman–Crippen MR) is 66.0 cm³/mol. The maximum Gasteiger partial charge on any atom is 0.327 e. The zero-order chi connectivity index (χ0) is 12.9. The van der Waals surface area contributed by atoms with E-state index in [0.29, 0.717) is 12.6 Å². The van der Waals surface area contributed by atoms with Gasteiger partial charge in [0.05, 0.1) is 13.7 Å². The van der Waals surface area contributed by atoms with Gasteiger partial charge in [-0.25, -0.2) is 0 Å². The van der Waals surface area contributed by atoms with Gasteiger partial charge in [-0.1, -0.05) is 6.92 Å². The molecule has 1 fully saturated rings. The Bertz CT molecular complexity index is 254. The number of likely N-dealkylation sites (N-methyl/N-ethyl adjacent to an activating group) is 2. The molecule has 1 saturated heterocycles. The Morgan fingerprint density at radius 2 is 2.35 bits per heavy atom. The molecule has 2 unspecified atom stereocenters. The van der Waals surface area contributed by atoms with E-state index < -0.39 is 5.54 Å². The fraction of sp³-hybridized carbons (Fsp3) is 0.917. The molecule has 1 rings (SSSR count). The Morgan fingerprint density at radius 1 is 1.65 bits per heavy atom. The number of carbonyl (C=O) groups excluding carboxylic acids is 1. The van der Waals surface area contributed by atoms with Crippen molar-refractivity contribution in [1.29, 1.82) is 0 Å². The van der Waals surface area contributed by atoms with Crippen molar-refractivity contribution in [2.75, 3.05) is 40.5 Å². The maximum atomic E-state index is 11.8. The molecule has 17 heavy (non-hydrogen) atoms. The topological polar surface area (TPSA) is 50.8 Å². The summed E-state index contributed by atoms with van der Waals surface area (Å²) in [5.74, 6) is -0.217. The Labute approximate surface area is 103 Å². The van der Waals surface area contributed by atoms with Crippen molar-refractivity contribution in [1.82, 2.24) is 10.2 Å². The minimum Gasteiger partial charge on any atom is -0.468 e. The summed E-state index contributed by atoms with van der Waals surface area (Å²) in [4.78, 5) is 14.0. The summed E-state index contributed by atoms with van der Waals surface area (Å²) in [5, 5.41) is 3.21. The second kappa shape index (κ2) is 6.33. The fourth-order valence-corrected chi connectivity index (χ4v) is 2.31. The molecule has 0 amide bonds. The van der Waals surface area contributed by atoms with Crippen LogP contribution in [-0.2, 0) is 14.3 Å².